The molecule has 3 rings (SSSR count). The van der Waals surface area contributed by atoms with Gasteiger partial charge in [-0.1, -0.05) is 0 Å². The topological polar surface area (TPSA) is 72.3 Å². The quantitative estimate of drug-likeness (QED) is 0.794. The maximum Gasteiger partial charge on any atom is 0.289 e. The molecule has 1 atom stereocenters. The summed E-state index contributed by atoms with van der Waals surface area (Å²) in [5.74, 6) is 0. The van der Waals surface area contributed by atoms with Crippen LogP contribution in [0.3, 0.4) is 0 Å². The normalized spacial score (nSPS) is 17.1. The van der Waals surface area contributed by atoms with Crippen molar-refractivity contribution >= 4 is 6.21 Å². The zero-order valence-corrected chi connectivity index (χ0v) is 15.7. The summed E-state index contributed by atoms with van der Waals surface area (Å²) >= 11 is 0. The van der Waals surface area contributed by atoms with Crippen LogP contribution in [-0.4, -0.2) is 28.2 Å². The average Bonchev–Trinajstić information content (AvgIpc) is 3.19. The number of rotatable bonds is 4. The van der Waals surface area contributed by atoms with Crippen LogP contribution in [0.25, 0.3) is 0 Å². The fourth-order valence-corrected chi connectivity index (χ4v) is 3.51. The van der Waals surface area contributed by atoms with Crippen LogP contribution in [0, 0.1) is 39.0 Å². The molecule has 1 fully saturated rings. The molecule has 0 saturated carbocycles. The third-order valence-electron chi connectivity index (χ3n) is 5.01. The number of hydrogen-bond acceptors (Lipinski definition) is 4. The van der Waals surface area contributed by atoms with Gasteiger partial charge < -0.3 is 9.30 Å². The molecule has 0 unspecified atom stereocenters. The maximum atomic E-state index is 12.5. The largest absolute Gasteiger partial charge is 0.376 e. The zero-order chi connectivity index (χ0) is 18.8. The second-order valence-corrected chi connectivity index (χ2v) is 6.89. The second-order valence-electron chi connectivity index (χ2n) is 6.89. The average molecular weight is 352 g/mol. The van der Waals surface area contributed by atoms with Gasteiger partial charge in [0.05, 0.1) is 12.3 Å². The van der Waals surface area contributed by atoms with Gasteiger partial charge in [-0.3, -0.25) is 4.79 Å². The van der Waals surface area contributed by atoms with Crippen LogP contribution >= 0.6 is 0 Å². The summed E-state index contributed by atoms with van der Waals surface area (Å²) in [5, 5.41) is 13.5. The predicted octanol–water partition coefficient (Wildman–Crippen LogP) is 2.82. The van der Waals surface area contributed by atoms with Gasteiger partial charge in [0.2, 0.25) is 0 Å². The van der Waals surface area contributed by atoms with Crippen molar-refractivity contribution in [3.63, 3.8) is 0 Å². The predicted molar refractivity (Wildman–Crippen MR) is 101 cm³/mol. The molecule has 1 saturated heterocycles. The highest BCUT2D eigenvalue weighted by Crippen LogP contribution is 2.19. The summed E-state index contributed by atoms with van der Waals surface area (Å²) in [4.78, 5) is 12.5. The minimum absolute atomic E-state index is 0.136. The first kappa shape index (κ1) is 18.2. The second kappa shape index (κ2) is 7.30. The van der Waals surface area contributed by atoms with Gasteiger partial charge in [-0.05, 0) is 58.2 Å². The molecule has 6 heteroatoms. The maximum absolute atomic E-state index is 12.5. The summed E-state index contributed by atoms with van der Waals surface area (Å²) in [5.41, 5.74) is 4.34. The van der Waals surface area contributed by atoms with Gasteiger partial charge in [0.25, 0.3) is 5.56 Å². The highest BCUT2D eigenvalue weighted by molar-refractivity contribution is 5.81. The number of hydrogen-bond donors (Lipinski definition) is 0. The molecule has 1 aliphatic rings. The van der Waals surface area contributed by atoms with Crippen LogP contribution in [0.5, 0.6) is 0 Å². The Balaban J connectivity index is 1.93. The number of nitrogens with zero attached hydrogens (tertiary/aromatic N) is 4. The lowest BCUT2D eigenvalue weighted by molar-refractivity contribution is 0.0962. The van der Waals surface area contributed by atoms with Gasteiger partial charge in [-0.2, -0.15) is 10.4 Å². The molecule has 6 nitrogen and oxygen atoms in total. The van der Waals surface area contributed by atoms with E-state index in [-0.39, 0.29) is 17.2 Å². The molecular formula is C20H24N4O2. The Bertz CT molecular complexity index is 954. The lowest BCUT2D eigenvalue weighted by Crippen LogP contribution is -2.22. The number of aryl methyl sites for hydroxylation is 3. The molecule has 2 aromatic heterocycles. The Labute approximate surface area is 153 Å². The summed E-state index contributed by atoms with van der Waals surface area (Å²) in [7, 11) is 0. The van der Waals surface area contributed by atoms with E-state index in [1.807, 2.05) is 13.0 Å². The van der Waals surface area contributed by atoms with Crippen LogP contribution in [0.1, 0.15) is 46.6 Å². The van der Waals surface area contributed by atoms with Crippen molar-refractivity contribution in [1.82, 2.24) is 9.24 Å². The summed E-state index contributed by atoms with van der Waals surface area (Å²) in [6, 6.07) is 5.84. The van der Waals surface area contributed by atoms with Crippen LogP contribution < -0.4 is 5.56 Å². The first-order chi connectivity index (χ1) is 12.4. The molecule has 26 heavy (non-hydrogen) atoms. The van der Waals surface area contributed by atoms with Gasteiger partial charge in [0, 0.05) is 35.8 Å². The third kappa shape index (κ3) is 3.35. The van der Waals surface area contributed by atoms with E-state index in [4.69, 9.17) is 4.74 Å². The Morgan fingerprint density at radius 2 is 2.08 bits per heavy atom. The zero-order valence-electron chi connectivity index (χ0n) is 15.7. The Morgan fingerprint density at radius 3 is 2.73 bits per heavy atom. The minimum Gasteiger partial charge on any atom is -0.376 e. The van der Waals surface area contributed by atoms with Gasteiger partial charge in [-0.15, -0.1) is 0 Å². The molecule has 2 aromatic rings. The highest BCUT2D eigenvalue weighted by atomic mass is 16.5. The number of ether oxygens (including phenoxy) is 1. The molecule has 136 valence electrons. The Kier molecular flexibility index (Phi) is 5.10. The van der Waals surface area contributed by atoms with E-state index in [9.17, 15) is 10.1 Å². The van der Waals surface area contributed by atoms with Gasteiger partial charge in [0.1, 0.15) is 11.6 Å². The molecule has 1 aliphatic heterocycles. The summed E-state index contributed by atoms with van der Waals surface area (Å²) in [6.45, 7) is 9.38. The third-order valence-corrected chi connectivity index (χ3v) is 5.01. The van der Waals surface area contributed by atoms with Crippen LogP contribution in [0.4, 0.5) is 0 Å². The van der Waals surface area contributed by atoms with E-state index in [0.29, 0.717) is 11.3 Å². The van der Waals surface area contributed by atoms with Crippen molar-refractivity contribution in [2.45, 2.75) is 53.2 Å². The van der Waals surface area contributed by atoms with Crippen molar-refractivity contribution in [3.05, 3.63) is 56.3 Å². The van der Waals surface area contributed by atoms with E-state index in [0.717, 1.165) is 42.9 Å². The molecule has 0 aromatic carbocycles. The van der Waals surface area contributed by atoms with E-state index >= 15 is 0 Å². The lowest BCUT2D eigenvalue weighted by atomic mass is 10.1. The van der Waals surface area contributed by atoms with Crippen LogP contribution in [0.15, 0.2) is 22.0 Å². The Hall–Kier alpha value is -2.65. The number of pyridine rings is 1. The van der Waals surface area contributed by atoms with E-state index in [1.54, 1.807) is 19.2 Å². The Morgan fingerprint density at radius 1 is 1.31 bits per heavy atom. The number of nitriles is 1. The fraction of sp³-hybridized carbons (Fsp3) is 0.450. The van der Waals surface area contributed by atoms with Crippen LogP contribution in [-0.2, 0) is 11.3 Å². The fourth-order valence-electron chi connectivity index (χ4n) is 3.51. The van der Waals surface area contributed by atoms with E-state index < -0.39 is 0 Å². The minimum atomic E-state index is -0.380. The molecule has 0 radical (unpaired) electrons. The SMILES string of the molecule is Cc1cc(C)n(/N=C\c2cc(C)n(C[C@H]3CCCO3)c2C)c(=O)c1C#N. The van der Waals surface area contributed by atoms with Gasteiger partial charge in [0.15, 0.2) is 0 Å². The molecule has 0 N–H and O–H groups in total. The molecular weight excluding hydrogens is 328 g/mol. The highest BCUT2D eigenvalue weighted by Gasteiger charge is 2.18. The summed E-state index contributed by atoms with van der Waals surface area (Å²) < 4.78 is 9.27. The van der Waals surface area contributed by atoms with E-state index in [1.165, 1.54) is 4.68 Å². The molecule has 0 spiro atoms. The first-order valence-electron chi connectivity index (χ1n) is 8.88. The standard InChI is InChI=1S/C20H24N4O2/c1-13-8-15(3)24(20(25)19(13)10-21)22-11-17-9-14(2)23(16(17)4)12-18-6-5-7-26-18/h8-9,11,18H,5-7,12H2,1-4H3/b22-11-/t18-/m1/s1. The smallest absolute Gasteiger partial charge is 0.289 e. The number of aromatic nitrogens is 2. The first-order valence-corrected chi connectivity index (χ1v) is 8.88. The van der Waals surface area contributed by atoms with Gasteiger partial charge in [-0.25, -0.2) is 4.68 Å². The van der Waals surface area contributed by atoms with E-state index in [2.05, 4.69) is 29.6 Å². The van der Waals surface area contributed by atoms with Gasteiger partial charge >= 0.3 is 0 Å². The van der Waals surface area contributed by atoms with Crippen molar-refractivity contribution in [2.75, 3.05) is 6.61 Å². The molecule has 3 heterocycles. The molecule has 0 amide bonds. The monoisotopic (exact) mass is 352 g/mol. The molecule has 0 bridgehead atoms. The van der Waals surface area contributed by atoms with Crippen molar-refractivity contribution in [3.8, 4) is 6.07 Å². The summed E-state index contributed by atoms with van der Waals surface area (Å²) in [6.07, 6.45) is 4.17. The van der Waals surface area contributed by atoms with Crippen molar-refractivity contribution in [1.29, 1.82) is 5.26 Å². The van der Waals surface area contributed by atoms with Crippen molar-refractivity contribution in [2.24, 2.45) is 5.10 Å². The molecule has 0 aliphatic carbocycles. The van der Waals surface area contributed by atoms with Crippen molar-refractivity contribution < 1.29 is 4.74 Å². The lowest BCUT2D eigenvalue weighted by Gasteiger charge is -2.14. The van der Waals surface area contributed by atoms with Crippen LogP contribution in [0.2, 0.25) is 0 Å².